The van der Waals surface area contributed by atoms with Gasteiger partial charge in [0.2, 0.25) is 11.8 Å². The fourth-order valence-electron chi connectivity index (χ4n) is 5.76. The number of hydrogen-bond acceptors (Lipinski definition) is 7. The lowest BCUT2D eigenvalue weighted by Gasteiger charge is -2.50. The second-order valence-corrected chi connectivity index (χ2v) is 12.9. The molecule has 236 valence electrons. The van der Waals surface area contributed by atoms with Crippen LogP contribution in [0.15, 0.2) is 36.7 Å². The van der Waals surface area contributed by atoms with E-state index in [-0.39, 0.29) is 58.8 Å². The highest BCUT2D eigenvalue weighted by molar-refractivity contribution is 6.40. The molecular weight excluding hydrogens is 609 g/mol. The molecule has 44 heavy (non-hydrogen) atoms. The first-order valence-electron chi connectivity index (χ1n) is 14.6. The summed E-state index contributed by atoms with van der Waals surface area (Å²) in [4.78, 5) is 69.0. The number of hydrogen-bond donors (Lipinski definition) is 3. The SMILES string of the molecule is CC(C)(C)OC(=O)NCCC(=O)N1C2CCC(CC2)C1C(=O)N[C@H](C=O)Cc1ccc(NC(=O)c2c(Cl)cncc2Cl)cc1. The number of benzene rings is 1. The maximum absolute atomic E-state index is 13.5. The molecule has 2 bridgehead atoms. The molecule has 0 radical (unpaired) electrons. The first kappa shape index (κ1) is 33.2. The van der Waals surface area contributed by atoms with Gasteiger partial charge >= 0.3 is 6.09 Å². The van der Waals surface area contributed by atoms with Crippen LogP contribution >= 0.6 is 23.2 Å². The predicted molar refractivity (Wildman–Crippen MR) is 166 cm³/mol. The molecule has 2 atom stereocenters. The lowest BCUT2D eigenvalue weighted by molar-refractivity contribution is -0.153. The van der Waals surface area contributed by atoms with Crippen LogP contribution in [0.3, 0.4) is 0 Å². The molecule has 1 aromatic heterocycles. The largest absolute Gasteiger partial charge is 0.444 e. The zero-order chi connectivity index (χ0) is 32.0. The molecule has 3 fully saturated rings. The Hall–Kier alpha value is -3.70. The Morgan fingerprint density at radius 3 is 2.27 bits per heavy atom. The van der Waals surface area contributed by atoms with E-state index in [1.165, 1.54) is 12.4 Å². The van der Waals surface area contributed by atoms with Gasteiger partial charge in [0.1, 0.15) is 17.9 Å². The monoisotopic (exact) mass is 645 g/mol. The van der Waals surface area contributed by atoms with Crippen LogP contribution in [0, 0.1) is 5.92 Å². The third-order valence-corrected chi connectivity index (χ3v) is 8.26. The third kappa shape index (κ3) is 8.47. The normalized spacial score (nSPS) is 19.9. The molecule has 2 aliphatic heterocycles. The smallest absolute Gasteiger partial charge is 0.407 e. The molecule has 3 N–H and O–H groups in total. The second kappa shape index (κ2) is 14.4. The number of alkyl carbamates (subject to hydrolysis) is 1. The van der Waals surface area contributed by atoms with Crippen LogP contribution in [0.25, 0.3) is 0 Å². The second-order valence-electron chi connectivity index (χ2n) is 12.1. The molecule has 13 heteroatoms. The highest BCUT2D eigenvalue weighted by Crippen LogP contribution is 2.40. The summed E-state index contributed by atoms with van der Waals surface area (Å²) in [6, 6.07) is 5.28. The summed E-state index contributed by atoms with van der Waals surface area (Å²) in [6.45, 7) is 5.35. The summed E-state index contributed by atoms with van der Waals surface area (Å²) in [5, 5.41) is 8.42. The standard InChI is InChI=1S/C31H37Cl2N5O6/c1-31(2,3)44-30(43)35-13-12-25(40)38-22-10-6-19(7-11-22)27(38)29(42)37-21(17-39)14-18-4-8-20(9-5-18)36-28(41)26-23(32)15-34-16-24(26)33/h4-5,8-9,15-17,19,21-22,27H,6-7,10-14H2,1-3H3,(H,35,43)(H,36,41)(H,37,42)/t19?,21-,22?,27?/m0/s1. The molecule has 4 amide bonds. The van der Waals surface area contributed by atoms with Gasteiger partial charge in [-0.25, -0.2) is 4.79 Å². The third-order valence-electron chi connectivity index (χ3n) is 7.68. The summed E-state index contributed by atoms with van der Waals surface area (Å²) in [5.41, 5.74) is 0.703. The minimum atomic E-state index is -0.816. The number of halogens is 2. The minimum absolute atomic E-state index is 0.000338. The predicted octanol–water partition coefficient (Wildman–Crippen LogP) is 4.55. The lowest BCUT2D eigenvalue weighted by Crippen LogP contribution is -2.63. The number of aldehydes is 1. The molecule has 2 saturated heterocycles. The first-order chi connectivity index (χ1) is 20.9. The molecule has 1 unspecified atom stereocenters. The van der Waals surface area contributed by atoms with Crippen LogP contribution in [-0.2, 0) is 25.5 Å². The lowest BCUT2D eigenvalue weighted by atomic mass is 9.74. The van der Waals surface area contributed by atoms with E-state index in [9.17, 15) is 24.0 Å². The zero-order valence-corrected chi connectivity index (χ0v) is 26.4. The summed E-state index contributed by atoms with van der Waals surface area (Å²) < 4.78 is 5.23. The van der Waals surface area contributed by atoms with E-state index in [2.05, 4.69) is 20.9 Å². The van der Waals surface area contributed by atoms with Crippen molar-refractivity contribution in [1.29, 1.82) is 0 Å². The van der Waals surface area contributed by atoms with Gasteiger partial charge in [-0.2, -0.15) is 0 Å². The Bertz CT molecular complexity index is 1370. The van der Waals surface area contributed by atoms with Crippen molar-refractivity contribution in [1.82, 2.24) is 20.5 Å². The van der Waals surface area contributed by atoms with Crippen LogP contribution < -0.4 is 16.0 Å². The highest BCUT2D eigenvalue weighted by Gasteiger charge is 2.47. The number of amides is 4. The topological polar surface area (TPSA) is 147 Å². The van der Waals surface area contributed by atoms with E-state index in [0.29, 0.717) is 12.0 Å². The molecule has 11 nitrogen and oxygen atoms in total. The van der Waals surface area contributed by atoms with E-state index in [4.69, 9.17) is 27.9 Å². The van der Waals surface area contributed by atoms with Crippen molar-refractivity contribution < 1.29 is 28.7 Å². The number of ether oxygens (including phenoxy) is 1. The molecule has 1 saturated carbocycles. The maximum atomic E-state index is 13.5. The van der Waals surface area contributed by atoms with Crippen LogP contribution in [0.1, 0.15) is 68.8 Å². The molecular formula is C31H37Cl2N5O6. The molecule has 0 spiro atoms. The van der Waals surface area contributed by atoms with E-state index in [1.807, 2.05) is 0 Å². The van der Waals surface area contributed by atoms with Gasteiger partial charge in [0, 0.05) is 37.1 Å². The van der Waals surface area contributed by atoms with Gasteiger partial charge in [0.05, 0.1) is 21.7 Å². The quantitative estimate of drug-likeness (QED) is 0.321. The molecule has 3 heterocycles. The minimum Gasteiger partial charge on any atom is -0.444 e. The van der Waals surface area contributed by atoms with Gasteiger partial charge in [-0.05, 0) is 76.5 Å². The number of piperidine rings is 2. The highest BCUT2D eigenvalue weighted by atomic mass is 35.5. The fraction of sp³-hybridized carbons (Fsp3) is 0.484. The molecule has 1 aliphatic carbocycles. The van der Waals surface area contributed by atoms with E-state index < -0.39 is 29.7 Å². The van der Waals surface area contributed by atoms with Gasteiger partial charge in [-0.15, -0.1) is 0 Å². The molecule has 1 aromatic carbocycles. The average molecular weight is 647 g/mol. The van der Waals surface area contributed by atoms with Crippen molar-refractivity contribution in [3.05, 3.63) is 57.8 Å². The number of nitrogens with one attached hydrogen (secondary N) is 3. The fourth-order valence-corrected chi connectivity index (χ4v) is 6.30. The van der Waals surface area contributed by atoms with Gasteiger partial charge in [-0.3, -0.25) is 19.4 Å². The number of fused-ring (bicyclic) bond motifs is 3. The van der Waals surface area contributed by atoms with Crippen molar-refractivity contribution >= 4 is 59.0 Å². The Labute approximate surface area is 266 Å². The number of pyridine rings is 1. The van der Waals surface area contributed by atoms with Gasteiger partial charge in [0.25, 0.3) is 5.91 Å². The number of anilines is 1. The molecule has 3 aliphatic rings. The Morgan fingerprint density at radius 1 is 1.05 bits per heavy atom. The van der Waals surface area contributed by atoms with E-state index in [1.54, 1.807) is 49.9 Å². The van der Waals surface area contributed by atoms with Crippen LogP contribution in [-0.4, -0.2) is 70.3 Å². The Kier molecular flexibility index (Phi) is 10.9. The van der Waals surface area contributed by atoms with Crippen molar-refractivity contribution in [2.45, 2.75) is 83.0 Å². The Morgan fingerprint density at radius 2 is 1.68 bits per heavy atom. The van der Waals surface area contributed by atoms with E-state index in [0.717, 1.165) is 31.2 Å². The van der Waals surface area contributed by atoms with Crippen molar-refractivity contribution in [2.24, 2.45) is 5.92 Å². The van der Waals surface area contributed by atoms with Crippen molar-refractivity contribution in [2.75, 3.05) is 11.9 Å². The number of nitrogens with zero attached hydrogens (tertiary/aromatic N) is 2. The summed E-state index contributed by atoms with van der Waals surface area (Å²) in [7, 11) is 0. The van der Waals surface area contributed by atoms with Crippen molar-refractivity contribution in [3.63, 3.8) is 0 Å². The molecule has 2 aromatic rings. The number of carbonyl (C=O) groups is 5. The number of aromatic nitrogens is 1. The van der Waals surface area contributed by atoms with Gasteiger partial charge < -0.3 is 30.4 Å². The van der Waals surface area contributed by atoms with Gasteiger partial charge in [0.15, 0.2) is 0 Å². The average Bonchev–Trinajstić information content (AvgIpc) is 2.96. The van der Waals surface area contributed by atoms with E-state index >= 15 is 0 Å². The van der Waals surface area contributed by atoms with Gasteiger partial charge in [-0.1, -0.05) is 35.3 Å². The van der Waals surface area contributed by atoms with Crippen LogP contribution in [0.4, 0.5) is 10.5 Å². The summed E-state index contributed by atoms with van der Waals surface area (Å²) >= 11 is 12.1. The number of carbonyl (C=O) groups excluding carboxylic acids is 5. The van der Waals surface area contributed by atoms with Crippen molar-refractivity contribution in [3.8, 4) is 0 Å². The summed E-state index contributed by atoms with van der Waals surface area (Å²) in [6.07, 6.45) is 6.29. The number of rotatable bonds is 10. The zero-order valence-electron chi connectivity index (χ0n) is 24.9. The first-order valence-corrected chi connectivity index (χ1v) is 15.3. The van der Waals surface area contributed by atoms with Crippen LogP contribution in [0.2, 0.25) is 10.0 Å². The summed E-state index contributed by atoms with van der Waals surface area (Å²) in [5.74, 6) is -1.07. The maximum Gasteiger partial charge on any atom is 0.407 e. The van der Waals surface area contributed by atoms with Crippen LogP contribution in [0.5, 0.6) is 0 Å². The Balaban J connectivity index is 1.35. The molecule has 5 rings (SSSR count).